The zero-order valence-corrected chi connectivity index (χ0v) is 20.0. The minimum atomic E-state index is 0.500. The van der Waals surface area contributed by atoms with Gasteiger partial charge in [0.05, 0.1) is 6.54 Å². The lowest BCUT2D eigenvalue weighted by molar-refractivity contribution is 0.395. The van der Waals surface area contributed by atoms with Crippen LogP contribution in [0.2, 0.25) is 0 Å². The van der Waals surface area contributed by atoms with Crippen molar-refractivity contribution in [3.63, 3.8) is 0 Å². The van der Waals surface area contributed by atoms with Crippen molar-refractivity contribution in [2.24, 2.45) is 11.3 Å². The first-order valence-electron chi connectivity index (χ1n) is 9.82. The average Bonchev–Trinajstić information content (AvgIpc) is 2.50. The summed E-state index contributed by atoms with van der Waals surface area (Å²) in [6, 6.07) is 0. The van der Waals surface area contributed by atoms with Gasteiger partial charge in [0.25, 0.3) is 0 Å². The third-order valence-corrected chi connectivity index (χ3v) is 1.74. The number of hydrogen-bond donors (Lipinski definition) is 1. The SMILES string of the molecule is C#CCNCC.C=C.C=CCCCCN(C)C.CC(C)(C)C.CC(C)C. The van der Waals surface area contributed by atoms with Crippen LogP contribution in [0.3, 0.4) is 0 Å². The number of hydrogen-bond acceptors (Lipinski definition) is 2. The molecule has 26 heavy (non-hydrogen) atoms. The lowest BCUT2D eigenvalue weighted by atomic mass is 10.0. The summed E-state index contributed by atoms with van der Waals surface area (Å²) < 4.78 is 0. The minimum absolute atomic E-state index is 0.500. The molecule has 0 aromatic heterocycles. The predicted octanol–water partition coefficient (Wildman–Crippen LogP) is 6.65. The van der Waals surface area contributed by atoms with E-state index in [-0.39, 0.29) is 0 Å². The molecule has 0 aliphatic carbocycles. The number of nitrogens with one attached hydrogen (secondary N) is 1. The fraction of sp³-hybridized carbons (Fsp3) is 0.750. The van der Waals surface area contributed by atoms with Crippen molar-refractivity contribution in [3.8, 4) is 12.3 Å². The van der Waals surface area contributed by atoms with Gasteiger partial charge in [0.2, 0.25) is 0 Å². The third-order valence-electron chi connectivity index (χ3n) is 1.74. The second-order valence-electron chi connectivity index (χ2n) is 8.30. The van der Waals surface area contributed by atoms with Crippen LogP contribution >= 0.6 is 0 Å². The van der Waals surface area contributed by atoms with Crippen LogP contribution in [0.4, 0.5) is 0 Å². The van der Waals surface area contributed by atoms with Crippen molar-refractivity contribution in [3.05, 3.63) is 25.8 Å². The number of rotatable bonds is 7. The van der Waals surface area contributed by atoms with Gasteiger partial charge in [-0.25, -0.2) is 0 Å². The van der Waals surface area contributed by atoms with Crippen LogP contribution in [0.15, 0.2) is 25.8 Å². The molecule has 0 unspecified atom stereocenters. The Morgan fingerprint density at radius 2 is 1.46 bits per heavy atom. The monoisotopic (exact) mass is 368 g/mol. The number of nitrogens with zero attached hydrogens (tertiary/aromatic N) is 1. The van der Waals surface area contributed by atoms with E-state index >= 15 is 0 Å². The highest BCUT2D eigenvalue weighted by atomic mass is 15.0. The quantitative estimate of drug-likeness (QED) is 0.307. The third kappa shape index (κ3) is 175. The summed E-state index contributed by atoms with van der Waals surface area (Å²) in [5.74, 6) is 3.29. The Balaban J connectivity index is -0.0000000762. The molecule has 2 nitrogen and oxygen atoms in total. The highest BCUT2D eigenvalue weighted by Gasteiger charge is 1.95. The van der Waals surface area contributed by atoms with E-state index in [1.54, 1.807) is 0 Å². The first-order valence-corrected chi connectivity index (χ1v) is 9.82. The normalized spacial score (nSPS) is 9.04. The molecule has 0 amide bonds. The topological polar surface area (TPSA) is 15.3 Å². The Hall–Kier alpha value is -1.04. The molecule has 158 valence electrons. The summed E-state index contributed by atoms with van der Waals surface area (Å²) in [4.78, 5) is 2.21. The van der Waals surface area contributed by atoms with Crippen LogP contribution in [-0.2, 0) is 0 Å². The standard InChI is InChI=1S/C8H17N.C5H9N.C5H12.C4H10.C2H4/c1-4-5-6-7-8-9(2)3;1-3-5-6-4-2;1-5(2,3)4;1-4(2)3;1-2/h4H,1,5-8H2,2-3H3;1,6H,4-5H2,2H3;1-4H3;4H,1-3H3;1-2H2. The molecular weight excluding hydrogens is 316 g/mol. The molecule has 0 atom stereocenters. The van der Waals surface area contributed by atoms with E-state index in [4.69, 9.17) is 6.42 Å². The van der Waals surface area contributed by atoms with Gasteiger partial charge in [-0.3, -0.25) is 0 Å². The number of terminal acetylenes is 1. The molecule has 0 aromatic rings. The van der Waals surface area contributed by atoms with Gasteiger partial charge >= 0.3 is 0 Å². The van der Waals surface area contributed by atoms with Gasteiger partial charge in [-0.15, -0.1) is 26.2 Å². The van der Waals surface area contributed by atoms with Crippen molar-refractivity contribution in [1.82, 2.24) is 10.2 Å². The van der Waals surface area contributed by atoms with Crippen LogP contribution in [0, 0.1) is 23.7 Å². The zero-order valence-electron chi connectivity index (χ0n) is 20.0. The van der Waals surface area contributed by atoms with Gasteiger partial charge in [0.1, 0.15) is 0 Å². The van der Waals surface area contributed by atoms with E-state index in [9.17, 15) is 0 Å². The van der Waals surface area contributed by atoms with E-state index in [1.165, 1.54) is 19.4 Å². The van der Waals surface area contributed by atoms with Crippen molar-refractivity contribution >= 4 is 0 Å². The summed E-state index contributed by atoms with van der Waals surface area (Å²) in [7, 11) is 4.21. The van der Waals surface area contributed by atoms with Gasteiger partial charge < -0.3 is 10.2 Å². The van der Waals surface area contributed by atoms with Crippen LogP contribution < -0.4 is 5.32 Å². The maximum atomic E-state index is 4.90. The van der Waals surface area contributed by atoms with E-state index in [2.05, 4.69) is 98.4 Å². The molecule has 0 radical (unpaired) electrons. The molecule has 0 fully saturated rings. The fourth-order valence-corrected chi connectivity index (χ4v) is 0.914. The molecule has 2 heteroatoms. The van der Waals surface area contributed by atoms with Gasteiger partial charge in [-0.2, -0.15) is 0 Å². The Morgan fingerprint density at radius 1 is 1.08 bits per heavy atom. The summed E-state index contributed by atoms with van der Waals surface area (Å²) in [5.41, 5.74) is 0.500. The molecule has 0 heterocycles. The zero-order chi connectivity index (χ0) is 22.0. The molecule has 0 spiro atoms. The predicted molar refractivity (Wildman–Crippen MR) is 127 cm³/mol. The molecule has 0 aliphatic rings. The Bertz CT molecular complexity index is 258. The van der Waals surface area contributed by atoms with Crippen molar-refractivity contribution in [1.29, 1.82) is 0 Å². The van der Waals surface area contributed by atoms with Crippen LogP contribution in [0.1, 0.15) is 74.7 Å². The lowest BCUT2D eigenvalue weighted by Crippen LogP contribution is -2.12. The van der Waals surface area contributed by atoms with E-state index in [0.29, 0.717) is 12.0 Å². The average molecular weight is 369 g/mol. The molecule has 0 saturated carbocycles. The minimum Gasteiger partial charge on any atom is -0.309 e. The van der Waals surface area contributed by atoms with Crippen LogP contribution in [0.25, 0.3) is 0 Å². The Labute approximate surface area is 168 Å². The summed E-state index contributed by atoms with van der Waals surface area (Å²) in [5, 5.41) is 2.96. The smallest absolute Gasteiger partial charge is 0.0573 e. The van der Waals surface area contributed by atoms with E-state index in [1.807, 2.05) is 13.0 Å². The van der Waals surface area contributed by atoms with Gasteiger partial charge in [-0.05, 0) is 57.8 Å². The van der Waals surface area contributed by atoms with Gasteiger partial charge in [-0.1, -0.05) is 67.4 Å². The lowest BCUT2D eigenvalue weighted by Gasteiger charge is -2.07. The summed E-state index contributed by atoms with van der Waals surface area (Å²) >= 11 is 0. The highest BCUT2D eigenvalue weighted by Crippen LogP contribution is 2.08. The first-order chi connectivity index (χ1) is 11.9. The molecule has 1 N–H and O–H groups in total. The van der Waals surface area contributed by atoms with Crippen molar-refractivity contribution < 1.29 is 0 Å². The Morgan fingerprint density at radius 3 is 1.65 bits per heavy atom. The number of allylic oxidation sites excluding steroid dienone is 1. The van der Waals surface area contributed by atoms with Gasteiger partial charge in [0.15, 0.2) is 0 Å². The van der Waals surface area contributed by atoms with E-state index in [0.717, 1.165) is 18.9 Å². The molecule has 0 aromatic carbocycles. The van der Waals surface area contributed by atoms with Crippen molar-refractivity contribution in [2.45, 2.75) is 74.7 Å². The molecule has 0 rings (SSSR count). The molecule has 0 saturated heterocycles. The Kier molecular flexibility index (Phi) is 43.9. The van der Waals surface area contributed by atoms with Crippen molar-refractivity contribution in [2.75, 3.05) is 33.7 Å². The molecule has 0 bridgehead atoms. The maximum Gasteiger partial charge on any atom is 0.0573 e. The number of unbranched alkanes of at least 4 members (excludes halogenated alkanes) is 2. The van der Waals surface area contributed by atoms with Crippen LogP contribution in [0.5, 0.6) is 0 Å². The largest absolute Gasteiger partial charge is 0.309 e. The fourth-order valence-electron chi connectivity index (χ4n) is 0.914. The summed E-state index contributed by atoms with van der Waals surface area (Å²) in [6.45, 7) is 29.8. The first kappa shape index (κ1) is 36.0. The maximum absolute atomic E-state index is 4.90. The van der Waals surface area contributed by atoms with Gasteiger partial charge in [0, 0.05) is 0 Å². The molecular formula is C24H52N2. The van der Waals surface area contributed by atoms with Crippen LogP contribution in [-0.4, -0.2) is 38.6 Å². The summed E-state index contributed by atoms with van der Waals surface area (Å²) in [6.07, 6.45) is 10.6. The second-order valence-corrected chi connectivity index (χ2v) is 8.30. The second kappa shape index (κ2) is 31.7. The molecule has 0 aliphatic heterocycles. The van der Waals surface area contributed by atoms with E-state index < -0.39 is 0 Å². The highest BCUT2D eigenvalue weighted by molar-refractivity contribution is 4.85.